The highest BCUT2D eigenvalue weighted by Gasteiger charge is 2.24. The van der Waals surface area contributed by atoms with E-state index in [1.807, 2.05) is 24.3 Å². The smallest absolute Gasteiger partial charge is 0.247 e. The minimum atomic E-state index is 0.541. The third kappa shape index (κ3) is 2.85. The summed E-state index contributed by atoms with van der Waals surface area (Å²) < 4.78 is 5.73. The van der Waals surface area contributed by atoms with Gasteiger partial charge in [0.1, 0.15) is 0 Å². The summed E-state index contributed by atoms with van der Waals surface area (Å²) in [7, 11) is 0. The molecule has 1 aliphatic heterocycles. The SMILES string of the molecule is CCN(Cc1nnc(-c2ccc(Cl)cc2)o1)C1CNC1. The molecule has 1 aromatic carbocycles. The first-order valence-electron chi connectivity index (χ1n) is 6.79. The highest BCUT2D eigenvalue weighted by atomic mass is 35.5. The van der Waals surface area contributed by atoms with Crippen LogP contribution in [0.3, 0.4) is 0 Å². The molecule has 0 atom stereocenters. The molecule has 1 saturated heterocycles. The number of hydrogen-bond acceptors (Lipinski definition) is 5. The van der Waals surface area contributed by atoms with E-state index in [2.05, 4.69) is 27.3 Å². The van der Waals surface area contributed by atoms with E-state index >= 15 is 0 Å². The van der Waals surface area contributed by atoms with Crippen molar-refractivity contribution in [2.75, 3.05) is 19.6 Å². The van der Waals surface area contributed by atoms with Gasteiger partial charge in [-0.15, -0.1) is 10.2 Å². The fourth-order valence-electron chi connectivity index (χ4n) is 2.23. The van der Waals surface area contributed by atoms with Crippen molar-refractivity contribution in [3.8, 4) is 11.5 Å². The van der Waals surface area contributed by atoms with Crippen LogP contribution in [0.25, 0.3) is 11.5 Å². The Morgan fingerprint density at radius 1 is 1.30 bits per heavy atom. The number of benzene rings is 1. The number of nitrogens with one attached hydrogen (secondary N) is 1. The predicted octanol–water partition coefficient (Wildman–Crippen LogP) is 2.18. The van der Waals surface area contributed by atoms with Crippen LogP contribution in [0.4, 0.5) is 0 Å². The maximum atomic E-state index is 5.87. The minimum absolute atomic E-state index is 0.541. The molecule has 1 aromatic heterocycles. The van der Waals surface area contributed by atoms with Crippen LogP contribution in [0.5, 0.6) is 0 Å². The molecule has 0 bridgehead atoms. The Bertz CT molecular complexity index is 565. The van der Waals surface area contributed by atoms with Crippen molar-refractivity contribution in [2.45, 2.75) is 19.5 Å². The van der Waals surface area contributed by atoms with Gasteiger partial charge < -0.3 is 9.73 Å². The van der Waals surface area contributed by atoms with Crippen LogP contribution < -0.4 is 5.32 Å². The lowest BCUT2D eigenvalue weighted by Gasteiger charge is -2.36. The monoisotopic (exact) mass is 292 g/mol. The summed E-state index contributed by atoms with van der Waals surface area (Å²) >= 11 is 5.87. The molecule has 0 saturated carbocycles. The van der Waals surface area contributed by atoms with Gasteiger partial charge in [0.05, 0.1) is 6.54 Å². The van der Waals surface area contributed by atoms with Gasteiger partial charge in [-0.05, 0) is 30.8 Å². The van der Waals surface area contributed by atoms with E-state index in [1.54, 1.807) is 0 Å². The molecule has 1 N–H and O–H groups in total. The van der Waals surface area contributed by atoms with Gasteiger partial charge >= 0.3 is 0 Å². The summed E-state index contributed by atoms with van der Waals surface area (Å²) in [6.07, 6.45) is 0. The number of aromatic nitrogens is 2. The second-order valence-corrected chi connectivity index (χ2v) is 5.32. The van der Waals surface area contributed by atoms with Crippen molar-refractivity contribution in [1.29, 1.82) is 0 Å². The van der Waals surface area contributed by atoms with Crippen LogP contribution in [-0.4, -0.2) is 40.8 Å². The topological polar surface area (TPSA) is 54.2 Å². The summed E-state index contributed by atoms with van der Waals surface area (Å²) in [6.45, 7) is 5.89. The Hall–Kier alpha value is -1.43. The minimum Gasteiger partial charge on any atom is -0.419 e. The number of nitrogens with zero attached hydrogens (tertiary/aromatic N) is 3. The molecule has 2 heterocycles. The lowest BCUT2D eigenvalue weighted by atomic mass is 10.1. The quantitative estimate of drug-likeness (QED) is 0.915. The van der Waals surface area contributed by atoms with Crippen LogP contribution in [0.2, 0.25) is 5.02 Å². The molecule has 0 aliphatic carbocycles. The Labute approximate surface area is 122 Å². The molecule has 1 fully saturated rings. The van der Waals surface area contributed by atoms with Gasteiger partial charge in [0, 0.05) is 29.7 Å². The number of halogens is 1. The summed E-state index contributed by atoms with van der Waals surface area (Å²) in [6, 6.07) is 7.98. The molecule has 3 rings (SSSR count). The van der Waals surface area contributed by atoms with Gasteiger partial charge in [0.15, 0.2) is 0 Å². The van der Waals surface area contributed by atoms with Crippen molar-refractivity contribution in [3.63, 3.8) is 0 Å². The summed E-state index contributed by atoms with van der Waals surface area (Å²) in [4.78, 5) is 2.34. The van der Waals surface area contributed by atoms with Gasteiger partial charge in [0.2, 0.25) is 11.8 Å². The highest BCUT2D eigenvalue weighted by Crippen LogP contribution is 2.21. The van der Waals surface area contributed by atoms with Crippen molar-refractivity contribution >= 4 is 11.6 Å². The second-order valence-electron chi connectivity index (χ2n) is 4.88. The average Bonchev–Trinajstić information content (AvgIpc) is 2.85. The molecular formula is C14H17ClN4O. The summed E-state index contributed by atoms with van der Waals surface area (Å²) in [5.41, 5.74) is 0.890. The maximum absolute atomic E-state index is 5.87. The Balaban J connectivity index is 1.71. The molecule has 1 aliphatic rings. The van der Waals surface area contributed by atoms with E-state index in [-0.39, 0.29) is 0 Å². The lowest BCUT2D eigenvalue weighted by molar-refractivity contribution is 0.133. The van der Waals surface area contributed by atoms with E-state index in [0.29, 0.717) is 29.4 Å². The third-order valence-electron chi connectivity index (χ3n) is 3.58. The van der Waals surface area contributed by atoms with Gasteiger partial charge in [0.25, 0.3) is 0 Å². The molecule has 6 heteroatoms. The Morgan fingerprint density at radius 3 is 2.65 bits per heavy atom. The van der Waals surface area contributed by atoms with Crippen LogP contribution in [0.1, 0.15) is 12.8 Å². The largest absolute Gasteiger partial charge is 0.419 e. The second kappa shape index (κ2) is 5.91. The van der Waals surface area contributed by atoms with Crippen molar-refractivity contribution < 1.29 is 4.42 Å². The van der Waals surface area contributed by atoms with E-state index in [0.717, 1.165) is 25.2 Å². The molecule has 0 radical (unpaired) electrons. The fourth-order valence-corrected chi connectivity index (χ4v) is 2.36. The first-order chi connectivity index (χ1) is 9.76. The molecule has 5 nitrogen and oxygen atoms in total. The molecular weight excluding hydrogens is 276 g/mol. The van der Waals surface area contributed by atoms with Crippen molar-refractivity contribution in [1.82, 2.24) is 20.4 Å². The highest BCUT2D eigenvalue weighted by molar-refractivity contribution is 6.30. The summed E-state index contributed by atoms with van der Waals surface area (Å²) in [5.74, 6) is 1.20. The van der Waals surface area contributed by atoms with Gasteiger partial charge in [-0.25, -0.2) is 0 Å². The first-order valence-corrected chi connectivity index (χ1v) is 7.17. The normalized spacial score (nSPS) is 15.6. The van der Waals surface area contributed by atoms with Gasteiger partial charge in [-0.1, -0.05) is 18.5 Å². The molecule has 0 amide bonds. The van der Waals surface area contributed by atoms with Crippen molar-refractivity contribution in [2.24, 2.45) is 0 Å². The average molecular weight is 293 g/mol. The van der Waals surface area contributed by atoms with Gasteiger partial charge in [-0.2, -0.15) is 0 Å². The molecule has 106 valence electrons. The van der Waals surface area contributed by atoms with E-state index < -0.39 is 0 Å². The predicted molar refractivity (Wildman–Crippen MR) is 77.5 cm³/mol. The van der Waals surface area contributed by atoms with E-state index in [9.17, 15) is 0 Å². The fraction of sp³-hybridized carbons (Fsp3) is 0.429. The standard InChI is InChI=1S/C14H17ClN4O/c1-2-19(12-7-16-8-12)9-13-17-18-14(20-13)10-3-5-11(15)6-4-10/h3-6,12,16H,2,7-9H2,1H3. The number of likely N-dealkylation sites (N-methyl/N-ethyl adjacent to an activating group) is 1. The Kier molecular flexibility index (Phi) is 4.00. The molecule has 20 heavy (non-hydrogen) atoms. The van der Waals surface area contributed by atoms with E-state index in [1.165, 1.54) is 0 Å². The number of hydrogen-bond donors (Lipinski definition) is 1. The maximum Gasteiger partial charge on any atom is 0.247 e. The zero-order valence-electron chi connectivity index (χ0n) is 11.3. The molecule has 2 aromatic rings. The van der Waals surface area contributed by atoms with Crippen LogP contribution in [0, 0.1) is 0 Å². The zero-order valence-corrected chi connectivity index (χ0v) is 12.1. The van der Waals surface area contributed by atoms with Crippen LogP contribution >= 0.6 is 11.6 Å². The lowest BCUT2D eigenvalue weighted by Crippen LogP contribution is -2.56. The molecule has 0 spiro atoms. The van der Waals surface area contributed by atoms with Crippen molar-refractivity contribution in [3.05, 3.63) is 35.2 Å². The number of rotatable bonds is 5. The first kappa shape index (κ1) is 13.5. The zero-order chi connectivity index (χ0) is 13.9. The third-order valence-corrected chi connectivity index (χ3v) is 3.83. The van der Waals surface area contributed by atoms with Crippen LogP contribution in [-0.2, 0) is 6.54 Å². The van der Waals surface area contributed by atoms with Crippen LogP contribution in [0.15, 0.2) is 28.7 Å². The molecule has 0 unspecified atom stereocenters. The van der Waals surface area contributed by atoms with Gasteiger partial charge in [-0.3, -0.25) is 4.90 Å². The van der Waals surface area contributed by atoms with E-state index in [4.69, 9.17) is 16.0 Å². The summed E-state index contributed by atoms with van der Waals surface area (Å²) in [5, 5.41) is 12.2. The Morgan fingerprint density at radius 2 is 2.05 bits per heavy atom.